The van der Waals surface area contributed by atoms with Crippen molar-refractivity contribution in [3.63, 3.8) is 0 Å². The number of para-hydroxylation sites is 1. The summed E-state index contributed by atoms with van der Waals surface area (Å²) in [5.74, 6) is -2.85. The van der Waals surface area contributed by atoms with Crippen molar-refractivity contribution in [1.82, 2.24) is 0 Å². The van der Waals surface area contributed by atoms with Gasteiger partial charge in [0.2, 0.25) is 0 Å². The molecule has 0 aromatic heterocycles. The third-order valence-electron chi connectivity index (χ3n) is 3.16. The number of carbonyl (C=O) groups is 3. The molecule has 0 aliphatic carbocycles. The molecule has 0 saturated heterocycles. The summed E-state index contributed by atoms with van der Waals surface area (Å²) >= 11 is 0. The van der Waals surface area contributed by atoms with Crippen LogP contribution in [0.4, 0.5) is 0 Å². The van der Waals surface area contributed by atoms with E-state index in [-0.39, 0.29) is 12.4 Å². The minimum atomic E-state index is -1.10. The Labute approximate surface area is 110 Å². The van der Waals surface area contributed by atoms with E-state index < -0.39 is 17.7 Å². The van der Waals surface area contributed by atoms with Gasteiger partial charge in [-0.1, -0.05) is 19.1 Å². The zero-order valence-electron chi connectivity index (χ0n) is 10.8. The second-order valence-corrected chi connectivity index (χ2v) is 4.23. The molecule has 1 aliphatic rings. The molecular weight excluding hydrogens is 248 g/mol. The summed E-state index contributed by atoms with van der Waals surface area (Å²) in [6, 6.07) is 5.21. The van der Waals surface area contributed by atoms with Gasteiger partial charge in [0.15, 0.2) is 5.78 Å². The van der Waals surface area contributed by atoms with E-state index in [1.54, 1.807) is 12.1 Å². The van der Waals surface area contributed by atoms with Gasteiger partial charge in [0, 0.05) is 0 Å². The summed E-state index contributed by atoms with van der Waals surface area (Å²) < 4.78 is 9.85. The first kappa shape index (κ1) is 13.3. The van der Waals surface area contributed by atoms with Gasteiger partial charge in [0.1, 0.15) is 18.3 Å². The highest BCUT2D eigenvalue weighted by Gasteiger charge is 2.38. The lowest BCUT2D eigenvalue weighted by molar-refractivity contribution is -0.153. The fourth-order valence-electron chi connectivity index (χ4n) is 2.10. The van der Waals surface area contributed by atoms with E-state index in [1.165, 1.54) is 0 Å². The van der Waals surface area contributed by atoms with E-state index in [1.807, 2.05) is 13.0 Å². The topological polar surface area (TPSA) is 69.7 Å². The van der Waals surface area contributed by atoms with Crippen molar-refractivity contribution in [2.24, 2.45) is 5.92 Å². The molecule has 1 aromatic rings. The number of carbonyl (C=O) groups excluding carboxylic acids is 3. The van der Waals surface area contributed by atoms with Gasteiger partial charge in [-0.2, -0.15) is 0 Å². The van der Waals surface area contributed by atoms with E-state index >= 15 is 0 Å². The number of rotatable bonds is 3. The molecule has 0 fully saturated rings. The third kappa shape index (κ3) is 2.23. The Kier molecular flexibility index (Phi) is 3.64. The Balaban J connectivity index is 2.35. The van der Waals surface area contributed by atoms with E-state index in [4.69, 9.17) is 4.74 Å². The molecule has 2 rings (SSSR count). The minimum Gasteiger partial charge on any atom is -0.491 e. The molecule has 100 valence electrons. The Hall–Kier alpha value is -2.17. The maximum absolute atomic E-state index is 12.2. The zero-order chi connectivity index (χ0) is 14.0. The van der Waals surface area contributed by atoms with Gasteiger partial charge in [-0.25, -0.2) is 4.79 Å². The van der Waals surface area contributed by atoms with Crippen molar-refractivity contribution in [2.75, 3.05) is 13.7 Å². The maximum atomic E-state index is 12.2. The standard InChI is InChI=1S/C14H14O5/c1-3-8-5-4-6-9-11(15)10(7-19-13(8)9)12(16)14(17)18-2/h4-6,10H,3,7H2,1-2H3. The zero-order valence-corrected chi connectivity index (χ0v) is 10.8. The number of methoxy groups -OCH3 is 1. The normalized spacial score (nSPS) is 17.4. The van der Waals surface area contributed by atoms with Crippen molar-refractivity contribution < 1.29 is 23.9 Å². The molecule has 0 amide bonds. The molecule has 1 unspecified atom stereocenters. The Morgan fingerprint density at radius 2 is 2.16 bits per heavy atom. The smallest absolute Gasteiger partial charge is 0.375 e. The molecule has 1 atom stereocenters. The van der Waals surface area contributed by atoms with Crippen molar-refractivity contribution >= 4 is 17.5 Å². The fraction of sp³-hybridized carbons (Fsp3) is 0.357. The summed E-state index contributed by atoms with van der Waals surface area (Å²) in [6.45, 7) is 1.84. The van der Waals surface area contributed by atoms with Crippen molar-refractivity contribution in [1.29, 1.82) is 0 Å². The summed E-state index contributed by atoms with van der Waals surface area (Å²) in [5.41, 5.74) is 1.27. The average molecular weight is 262 g/mol. The summed E-state index contributed by atoms with van der Waals surface area (Å²) in [6.07, 6.45) is 0.728. The van der Waals surface area contributed by atoms with Gasteiger partial charge in [-0.15, -0.1) is 0 Å². The third-order valence-corrected chi connectivity index (χ3v) is 3.16. The van der Waals surface area contributed by atoms with Gasteiger partial charge >= 0.3 is 5.97 Å². The molecule has 0 saturated carbocycles. The summed E-state index contributed by atoms with van der Waals surface area (Å²) in [4.78, 5) is 35.2. The second kappa shape index (κ2) is 5.22. The van der Waals surface area contributed by atoms with Crippen molar-refractivity contribution in [3.05, 3.63) is 29.3 Å². The summed E-state index contributed by atoms with van der Waals surface area (Å²) in [5, 5.41) is 0. The van der Waals surface area contributed by atoms with Crippen molar-refractivity contribution in [3.8, 4) is 5.75 Å². The highest BCUT2D eigenvalue weighted by molar-refractivity contribution is 6.39. The monoisotopic (exact) mass is 262 g/mol. The molecule has 1 aliphatic heterocycles. The first-order valence-corrected chi connectivity index (χ1v) is 6.01. The van der Waals surface area contributed by atoms with Crippen molar-refractivity contribution in [2.45, 2.75) is 13.3 Å². The quantitative estimate of drug-likeness (QED) is 0.465. The van der Waals surface area contributed by atoms with Crippen LogP contribution in [0.2, 0.25) is 0 Å². The number of hydrogen-bond acceptors (Lipinski definition) is 5. The molecule has 0 N–H and O–H groups in total. The largest absolute Gasteiger partial charge is 0.491 e. The van der Waals surface area contributed by atoms with Crippen LogP contribution in [0.5, 0.6) is 5.75 Å². The van der Waals surface area contributed by atoms with E-state index in [0.717, 1.165) is 19.1 Å². The predicted molar refractivity (Wildman–Crippen MR) is 66.2 cm³/mol. The van der Waals surface area contributed by atoms with Gasteiger partial charge in [0.05, 0.1) is 12.7 Å². The van der Waals surface area contributed by atoms with Crippen LogP contribution in [-0.4, -0.2) is 31.3 Å². The maximum Gasteiger partial charge on any atom is 0.375 e. The molecule has 0 bridgehead atoms. The minimum absolute atomic E-state index is 0.114. The van der Waals surface area contributed by atoms with Gasteiger partial charge in [-0.05, 0) is 18.1 Å². The number of ketones is 2. The number of esters is 1. The van der Waals surface area contributed by atoms with Crippen LogP contribution in [0.1, 0.15) is 22.8 Å². The molecular formula is C14H14O5. The SMILES string of the molecule is CCc1cccc2c1OCC(C(=O)C(=O)OC)C2=O. The number of hydrogen-bond donors (Lipinski definition) is 0. The Bertz CT molecular complexity index is 547. The van der Waals surface area contributed by atoms with Crippen LogP contribution in [0.3, 0.4) is 0 Å². The fourth-order valence-corrected chi connectivity index (χ4v) is 2.10. The van der Waals surface area contributed by atoms with Gasteiger partial charge in [0.25, 0.3) is 5.78 Å². The predicted octanol–water partition coefficient (Wildman–Crippen LogP) is 1.18. The lowest BCUT2D eigenvalue weighted by Crippen LogP contribution is -2.38. The summed E-state index contributed by atoms with van der Waals surface area (Å²) in [7, 11) is 1.11. The molecule has 0 spiro atoms. The van der Waals surface area contributed by atoms with E-state index in [2.05, 4.69) is 4.74 Å². The lowest BCUT2D eigenvalue weighted by Gasteiger charge is -2.24. The average Bonchev–Trinajstić information content (AvgIpc) is 2.45. The van der Waals surface area contributed by atoms with Gasteiger partial charge in [-0.3, -0.25) is 9.59 Å². The number of aryl methyl sites for hydroxylation is 1. The number of benzene rings is 1. The Morgan fingerprint density at radius 3 is 2.79 bits per heavy atom. The van der Waals surface area contributed by atoms with Crippen LogP contribution in [0.25, 0.3) is 0 Å². The van der Waals surface area contributed by atoms with Crippen LogP contribution in [0.15, 0.2) is 18.2 Å². The highest BCUT2D eigenvalue weighted by atomic mass is 16.5. The molecule has 5 nitrogen and oxygen atoms in total. The van der Waals surface area contributed by atoms with E-state index in [9.17, 15) is 14.4 Å². The number of ether oxygens (including phenoxy) is 2. The van der Waals surface area contributed by atoms with Crippen LogP contribution in [-0.2, 0) is 20.7 Å². The van der Waals surface area contributed by atoms with Gasteiger partial charge < -0.3 is 9.47 Å². The number of fused-ring (bicyclic) bond motifs is 1. The molecule has 0 radical (unpaired) electrons. The second-order valence-electron chi connectivity index (χ2n) is 4.23. The van der Waals surface area contributed by atoms with Crippen LogP contribution < -0.4 is 4.74 Å². The lowest BCUT2D eigenvalue weighted by atomic mass is 9.90. The first-order chi connectivity index (χ1) is 9.10. The Morgan fingerprint density at radius 1 is 1.42 bits per heavy atom. The molecule has 19 heavy (non-hydrogen) atoms. The molecule has 5 heteroatoms. The first-order valence-electron chi connectivity index (χ1n) is 6.01. The van der Waals surface area contributed by atoms with Crippen LogP contribution in [0, 0.1) is 5.92 Å². The highest BCUT2D eigenvalue weighted by Crippen LogP contribution is 2.31. The number of Topliss-reactive ketones (excluding diaryl/α,β-unsaturated/α-hetero) is 2. The molecule has 1 heterocycles. The van der Waals surface area contributed by atoms with E-state index in [0.29, 0.717) is 11.3 Å². The molecule has 1 aromatic carbocycles. The van der Waals surface area contributed by atoms with Crippen LogP contribution >= 0.6 is 0 Å².